The van der Waals surface area contributed by atoms with Crippen molar-refractivity contribution in [1.82, 2.24) is 0 Å². The van der Waals surface area contributed by atoms with E-state index in [2.05, 4.69) is 38.1 Å². The SMILES string of the molecule is CCc1ccc(C(Cl)C2CCCC2C)cc1. The van der Waals surface area contributed by atoms with Crippen LogP contribution in [0.25, 0.3) is 0 Å². The number of halogens is 1. The fourth-order valence-corrected chi connectivity index (χ4v) is 3.31. The molecule has 0 amide bonds. The highest BCUT2D eigenvalue weighted by molar-refractivity contribution is 6.21. The maximum atomic E-state index is 6.60. The van der Waals surface area contributed by atoms with E-state index >= 15 is 0 Å². The third-order valence-electron chi connectivity index (χ3n) is 4.01. The van der Waals surface area contributed by atoms with Crippen molar-refractivity contribution in [1.29, 1.82) is 0 Å². The van der Waals surface area contributed by atoms with Crippen LogP contribution < -0.4 is 0 Å². The second-order valence-electron chi connectivity index (χ2n) is 5.07. The number of benzene rings is 1. The van der Waals surface area contributed by atoms with Crippen LogP contribution in [0.5, 0.6) is 0 Å². The van der Waals surface area contributed by atoms with Gasteiger partial charge in [-0.1, -0.05) is 51.0 Å². The van der Waals surface area contributed by atoms with Gasteiger partial charge in [0.05, 0.1) is 5.38 Å². The van der Waals surface area contributed by atoms with Gasteiger partial charge in [-0.25, -0.2) is 0 Å². The first kappa shape index (κ1) is 12.0. The molecule has 3 unspecified atom stereocenters. The minimum atomic E-state index is 0.211. The highest BCUT2D eigenvalue weighted by Crippen LogP contribution is 2.43. The predicted octanol–water partition coefficient (Wildman–Crippen LogP) is 4.97. The van der Waals surface area contributed by atoms with Crippen molar-refractivity contribution < 1.29 is 0 Å². The lowest BCUT2D eigenvalue weighted by atomic mass is 9.90. The third kappa shape index (κ3) is 2.43. The van der Waals surface area contributed by atoms with Crippen LogP contribution in [0.15, 0.2) is 24.3 Å². The Bertz CT molecular complexity index is 328. The highest BCUT2D eigenvalue weighted by atomic mass is 35.5. The van der Waals surface area contributed by atoms with Crippen molar-refractivity contribution >= 4 is 11.6 Å². The largest absolute Gasteiger partial charge is 0.118 e. The van der Waals surface area contributed by atoms with Crippen LogP contribution >= 0.6 is 11.6 Å². The summed E-state index contributed by atoms with van der Waals surface area (Å²) < 4.78 is 0. The van der Waals surface area contributed by atoms with Crippen molar-refractivity contribution in [2.75, 3.05) is 0 Å². The second kappa shape index (κ2) is 5.23. The van der Waals surface area contributed by atoms with Crippen LogP contribution in [0.4, 0.5) is 0 Å². The van der Waals surface area contributed by atoms with E-state index in [-0.39, 0.29) is 5.38 Å². The second-order valence-corrected chi connectivity index (χ2v) is 5.54. The number of hydrogen-bond donors (Lipinski definition) is 0. The first-order valence-corrected chi connectivity index (χ1v) is 6.89. The van der Waals surface area contributed by atoms with E-state index in [1.54, 1.807) is 0 Å². The molecule has 0 bridgehead atoms. The predicted molar refractivity (Wildman–Crippen MR) is 70.9 cm³/mol. The molecule has 16 heavy (non-hydrogen) atoms. The third-order valence-corrected chi connectivity index (χ3v) is 4.59. The molecule has 0 heterocycles. The summed E-state index contributed by atoms with van der Waals surface area (Å²) in [5.74, 6) is 1.46. The molecule has 0 N–H and O–H groups in total. The molecule has 1 fully saturated rings. The molecule has 2 rings (SSSR count). The Balaban J connectivity index is 2.10. The summed E-state index contributed by atoms with van der Waals surface area (Å²) in [6.07, 6.45) is 5.10. The Kier molecular flexibility index (Phi) is 3.91. The van der Waals surface area contributed by atoms with Crippen LogP contribution in [0.2, 0.25) is 0 Å². The van der Waals surface area contributed by atoms with Crippen molar-refractivity contribution in [2.45, 2.75) is 44.9 Å². The monoisotopic (exact) mass is 236 g/mol. The quantitative estimate of drug-likeness (QED) is 0.651. The van der Waals surface area contributed by atoms with Crippen molar-refractivity contribution in [3.8, 4) is 0 Å². The molecular formula is C15H21Cl. The number of alkyl halides is 1. The van der Waals surface area contributed by atoms with Gasteiger partial charge in [-0.3, -0.25) is 0 Å². The molecule has 0 radical (unpaired) electrons. The van der Waals surface area contributed by atoms with Crippen LogP contribution in [0.3, 0.4) is 0 Å². The Morgan fingerprint density at radius 2 is 1.94 bits per heavy atom. The Morgan fingerprint density at radius 3 is 2.44 bits per heavy atom. The standard InChI is InChI=1S/C15H21Cl/c1-3-12-7-9-13(10-8-12)15(16)14-6-4-5-11(14)2/h7-11,14-15H,3-6H2,1-2H3. The normalized spacial score (nSPS) is 26.9. The molecule has 0 saturated heterocycles. The average molecular weight is 237 g/mol. The molecule has 0 aliphatic heterocycles. The topological polar surface area (TPSA) is 0 Å². The summed E-state index contributed by atoms with van der Waals surface area (Å²) in [7, 11) is 0. The van der Waals surface area contributed by atoms with Gasteiger partial charge in [-0.05, 0) is 35.8 Å². The lowest BCUT2D eigenvalue weighted by Crippen LogP contribution is -2.10. The van der Waals surface area contributed by atoms with Gasteiger partial charge in [0, 0.05) is 0 Å². The molecule has 1 heteroatoms. The minimum Gasteiger partial charge on any atom is -0.118 e. The van der Waals surface area contributed by atoms with E-state index < -0.39 is 0 Å². The smallest absolute Gasteiger partial charge is 0.0615 e. The summed E-state index contributed by atoms with van der Waals surface area (Å²) in [6, 6.07) is 8.84. The van der Waals surface area contributed by atoms with Gasteiger partial charge in [0.25, 0.3) is 0 Å². The average Bonchev–Trinajstić information content (AvgIpc) is 2.75. The van der Waals surface area contributed by atoms with Crippen LogP contribution in [-0.4, -0.2) is 0 Å². The maximum absolute atomic E-state index is 6.60. The molecule has 0 spiro atoms. The van der Waals surface area contributed by atoms with Crippen LogP contribution in [0.1, 0.15) is 49.6 Å². The molecule has 1 aromatic rings. The van der Waals surface area contributed by atoms with Crippen molar-refractivity contribution in [3.05, 3.63) is 35.4 Å². The first-order valence-electron chi connectivity index (χ1n) is 6.45. The molecule has 3 atom stereocenters. The molecule has 1 saturated carbocycles. The highest BCUT2D eigenvalue weighted by Gasteiger charge is 2.30. The van der Waals surface area contributed by atoms with Gasteiger partial charge >= 0.3 is 0 Å². The van der Waals surface area contributed by atoms with Gasteiger partial charge in [-0.15, -0.1) is 11.6 Å². The number of rotatable bonds is 3. The summed E-state index contributed by atoms with van der Waals surface area (Å²) in [6.45, 7) is 4.53. The summed E-state index contributed by atoms with van der Waals surface area (Å²) in [5, 5.41) is 0.211. The summed E-state index contributed by atoms with van der Waals surface area (Å²) in [4.78, 5) is 0. The Labute approximate surface area is 104 Å². The van der Waals surface area contributed by atoms with E-state index in [9.17, 15) is 0 Å². The number of aryl methyl sites for hydroxylation is 1. The lowest BCUT2D eigenvalue weighted by Gasteiger charge is -2.21. The van der Waals surface area contributed by atoms with Crippen LogP contribution in [0, 0.1) is 11.8 Å². The zero-order valence-electron chi connectivity index (χ0n) is 10.2. The molecule has 1 aliphatic carbocycles. The lowest BCUT2D eigenvalue weighted by molar-refractivity contribution is 0.406. The molecule has 1 aromatic carbocycles. The zero-order chi connectivity index (χ0) is 11.5. The Hall–Kier alpha value is -0.490. The minimum absolute atomic E-state index is 0.211. The van der Waals surface area contributed by atoms with E-state index in [0.717, 1.165) is 12.3 Å². The van der Waals surface area contributed by atoms with E-state index in [1.807, 2.05) is 0 Å². The Morgan fingerprint density at radius 1 is 1.25 bits per heavy atom. The number of hydrogen-bond acceptors (Lipinski definition) is 0. The van der Waals surface area contributed by atoms with Gasteiger partial charge in [-0.2, -0.15) is 0 Å². The van der Waals surface area contributed by atoms with Crippen molar-refractivity contribution in [2.24, 2.45) is 11.8 Å². The summed E-state index contributed by atoms with van der Waals surface area (Å²) >= 11 is 6.60. The van der Waals surface area contributed by atoms with Gasteiger partial charge in [0.15, 0.2) is 0 Å². The fraction of sp³-hybridized carbons (Fsp3) is 0.600. The van der Waals surface area contributed by atoms with Gasteiger partial charge < -0.3 is 0 Å². The van der Waals surface area contributed by atoms with E-state index in [4.69, 9.17) is 11.6 Å². The molecule has 1 aliphatic rings. The van der Waals surface area contributed by atoms with E-state index in [0.29, 0.717) is 5.92 Å². The van der Waals surface area contributed by atoms with Gasteiger partial charge in [0.2, 0.25) is 0 Å². The van der Waals surface area contributed by atoms with Crippen molar-refractivity contribution in [3.63, 3.8) is 0 Å². The first-order chi connectivity index (χ1) is 7.72. The molecule has 0 aromatic heterocycles. The molecule has 0 nitrogen and oxygen atoms in total. The van der Waals surface area contributed by atoms with Crippen LogP contribution in [-0.2, 0) is 6.42 Å². The fourth-order valence-electron chi connectivity index (χ4n) is 2.79. The molecule has 88 valence electrons. The maximum Gasteiger partial charge on any atom is 0.0615 e. The molecular weight excluding hydrogens is 216 g/mol. The van der Waals surface area contributed by atoms with E-state index in [1.165, 1.54) is 30.4 Å². The summed E-state index contributed by atoms with van der Waals surface area (Å²) in [5.41, 5.74) is 2.70. The van der Waals surface area contributed by atoms with Gasteiger partial charge in [0.1, 0.15) is 0 Å². The zero-order valence-corrected chi connectivity index (χ0v) is 11.0.